The van der Waals surface area contributed by atoms with E-state index in [9.17, 15) is 4.79 Å². The number of carbonyl (C=O) groups is 1. The van der Waals surface area contributed by atoms with Gasteiger partial charge in [-0.2, -0.15) is 0 Å². The standard InChI is InChI=1S/C19H29NO3/c1-4-6-8-14-9-7-10-16(14)20-19(21)15-11-12-17(23-5-2)18(13-15)22-3/h11-14,16H,4-10H2,1-3H3,(H,20,21). The predicted octanol–water partition coefficient (Wildman–Crippen LogP) is 4.18. The fourth-order valence-electron chi connectivity index (χ4n) is 3.37. The first-order chi connectivity index (χ1) is 11.2. The number of methoxy groups -OCH3 is 1. The van der Waals surface area contributed by atoms with Gasteiger partial charge in [0, 0.05) is 11.6 Å². The normalized spacial score (nSPS) is 20.3. The molecule has 2 rings (SSSR count). The van der Waals surface area contributed by atoms with Crippen LogP contribution in [0.15, 0.2) is 18.2 Å². The number of carbonyl (C=O) groups excluding carboxylic acids is 1. The summed E-state index contributed by atoms with van der Waals surface area (Å²) >= 11 is 0. The van der Waals surface area contributed by atoms with Crippen LogP contribution < -0.4 is 14.8 Å². The highest BCUT2D eigenvalue weighted by Gasteiger charge is 2.28. The number of ether oxygens (including phenoxy) is 2. The van der Waals surface area contributed by atoms with Crippen LogP contribution in [0.2, 0.25) is 0 Å². The summed E-state index contributed by atoms with van der Waals surface area (Å²) in [6.45, 7) is 4.72. The smallest absolute Gasteiger partial charge is 0.251 e. The Balaban J connectivity index is 2.02. The average molecular weight is 319 g/mol. The van der Waals surface area contributed by atoms with Gasteiger partial charge in [0.15, 0.2) is 11.5 Å². The summed E-state index contributed by atoms with van der Waals surface area (Å²) in [6.07, 6.45) is 7.22. The van der Waals surface area contributed by atoms with Gasteiger partial charge in [0.2, 0.25) is 0 Å². The Morgan fingerprint density at radius 1 is 1.26 bits per heavy atom. The molecule has 1 aromatic rings. The van der Waals surface area contributed by atoms with Crippen molar-refractivity contribution < 1.29 is 14.3 Å². The number of hydrogen-bond acceptors (Lipinski definition) is 3. The molecular formula is C19H29NO3. The molecule has 0 radical (unpaired) electrons. The van der Waals surface area contributed by atoms with Gasteiger partial charge in [0.05, 0.1) is 13.7 Å². The molecule has 1 aromatic carbocycles. The second-order valence-corrected chi connectivity index (χ2v) is 6.21. The first-order valence-electron chi connectivity index (χ1n) is 8.81. The molecule has 0 spiro atoms. The Labute approximate surface area is 139 Å². The molecule has 0 aromatic heterocycles. The first kappa shape index (κ1) is 17.6. The van der Waals surface area contributed by atoms with Gasteiger partial charge in [0.25, 0.3) is 5.91 Å². The third-order valence-corrected chi connectivity index (χ3v) is 4.63. The molecule has 0 saturated heterocycles. The number of amides is 1. The van der Waals surface area contributed by atoms with Crippen molar-refractivity contribution in [2.24, 2.45) is 5.92 Å². The molecule has 1 aliphatic carbocycles. The Morgan fingerprint density at radius 2 is 2.09 bits per heavy atom. The van der Waals surface area contributed by atoms with Crippen molar-refractivity contribution in [1.29, 1.82) is 0 Å². The fourth-order valence-corrected chi connectivity index (χ4v) is 3.37. The topological polar surface area (TPSA) is 47.6 Å². The van der Waals surface area contributed by atoms with Crippen molar-refractivity contribution in [2.45, 2.75) is 58.4 Å². The average Bonchev–Trinajstić information content (AvgIpc) is 3.00. The van der Waals surface area contributed by atoms with Gasteiger partial charge in [-0.05, 0) is 50.3 Å². The van der Waals surface area contributed by atoms with Crippen LogP contribution in [0, 0.1) is 5.92 Å². The van der Waals surface area contributed by atoms with E-state index in [1.807, 2.05) is 6.92 Å². The molecule has 2 unspecified atom stereocenters. The van der Waals surface area contributed by atoms with Gasteiger partial charge in [0.1, 0.15) is 0 Å². The molecule has 0 bridgehead atoms. The minimum atomic E-state index is -0.0141. The van der Waals surface area contributed by atoms with E-state index in [0.717, 1.165) is 6.42 Å². The molecule has 1 fully saturated rings. The summed E-state index contributed by atoms with van der Waals surface area (Å²) < 4.78 is 10.8. The lowest BCUT2D eigenvalue weighted by Crippen LogP contribution is -2.37. The van der Waals surface area contributed by atoms with Gasteiger partial charge in [-0.1, -0.05) is 26.2 Å². The van der Waals surface area contributed by atoms with E-state index in [2.05, 4.69) is 12.2 Å². The second-order valence-electron chi connectivity index (χ2n) is 6.21. The number of unbranched alkanes of at least 4 members (excludes halogenated alkanes) is 1. The number of benzene rings is 1. The van der Waals surface area contributed by atoms with Crippen molar-refractivity contribution in [3.8, 4) is 11.5 Å². The van der Waals surface area contributed by atoms with E-state index < -0.39 is 0 Å². The Morgan fingerprint density at radius 3 is 2.78 bits per heavy atom. The minimum absolute atomic E-state index is 0.0141. The van der Waals surface area contributed by atoms with E-state index in [4.69, 9.17) is 9.47 Å². The third kappa shape index (κ3) is 4.63. The number of nitrogens with one attached hydrogen (secondary N) is 1. The summed E-state index contributed by atoms with van der Waals surface area (Å²) in [7, 11) is 1.59. The molecule has 1 amide bonds. The lowest BCUT2D eigenvalue weighted by atomic mass is 9.96. The number of hydrogen-bond donors (Lipinski definition) is 1. The highest BCUT2D eigenvalue weighted by Crippen LogP contribution is 2.31. The van der Waals surface area contributed by atoms with Crippen LogP contribution in [0.4, 0.5) is 0 Å². The van der Waals surface area contributed by atoms with Crippen molar-refractivity contribution >= 4 is 5.91 Å². The summed E-state index contributed by atoms with van der Waals surface area (Å²) in [5, 5.41) is 3.22. The van der Waals surface area contributed by atoms with Crippen molar-refractivity contribution in [3.63, 3.8) is 0 Å². The maximum absolute atomic E-state index is 12.5. The van der Waals surface area contributed by atoms with Crippen LogP contribution in [-0.4, -0.2) is 25.7 Å². The summed E-state index contributed by atoms with van der Waals surface area (Å²) in [6, 6.07) is 5.68. The molecule has 23 heavy (non-hydrogen) atoms. The quantitative estimate of drug-likeness (QED) is 0.782. The van der Waals surface area contributed by atoms with Gasteiger partial charge < -0.3 is 14.8 Å². The van der Waals surface area contributed by atoms with Crippen LogP contribution in [0.1, 0.15) is 62.7 Å². The highest BCUT2D eigenvalue weighted by atomic mass is 16.5. The van der Waals surface area contributed by atoms with Crippen molar-refractivity contribution in [2.75, 3.05) is 13.7 Å². The van der Waals surface area contributed by atoms with Crippen LogP contribution in [-0.2, 0) is 0 Å². The fraction of sp³-hybridized carbons (Fsp3) is 0.632. The van der Waals surface area contributed by atoms with Crippen LogP contribution in [0.25, 0.3) is 0 Å². The molecule has 1 aliphatic rings. The molecule has 1 saturated carbocycles. The Bertz CT molecular complexity index is 515. The zero-order valence-electron chi connectivity index (χ0n) is 14.6. The van der Waals surface area contributed by atoms with Crippen molar-refractivity contribution in [1.82, 2.24) is 5.32 Å². The molecule has 4 nitrogen and oxygen atoms in total. The lowest BCUT2D eigenvalue weighted by Gasteiger charge is -2.21. The van der Waals surface area contributed by atoms with E-state index in [1.54, 1.807) is 25.3 Å². The molecular weight excluding hydrogens is 290 g/mol. The van der Waals surface area contributed by atoms with E-state index in [-0.39, 0.29) is 5.91 Å². The zero-order chi connectivity index (χ0) is 16.7. The third-order valence-electron chi connectivity index (χ3n) is 4.63. The van der Waals surface area contributed by atoms with Gasteiger partial charge in [-0.15, -0.1) is 0 Å². The molecule has 128 valence electrons. The van der Waals surface area contributed by atoms with Crippen molar-refractivity contribution in [3.05, 3.63) is 23.8 Å². The maximum Gasteiger partial charge on any atom is 0.251 e. The summed E-state index contributed by atoms with van der Waals surface area (Å²) in [5.74, 6) is 1.89. The maximum atomic E-state index is 12.5. The first-order valence-corrected chi connectivity index (χ1v) is 8.81. The van der Waals surface area contributed by atoms with Crippen LogP contribution in [0.5, 0.6) is 11.5 Å². The molecule has 1 N–H and O–H groups in total. The Hall–Kier alpha value is -1.71. The summed E-state index contributed by atoms with van der Waals surface area (Å²) in [5.41, 5.74) is 0.631. The molecule has 0 aliphatic heterocycles. The van der Waals surface area contributed by atoms with Gasteiger partial charge in [-0.25, -0.2) is 0 Å². The molecule has 2 atom stereocenters. The lowest BCUT2D eigenvalue weighted by molar-refractivity contribution is 0.0926. The number of rotatable bonds is 8. The second kappa shape index (κ2) is 8.80. The van der Waals surface area contributed by atoms with Crippen LogP contribution in [0.3, 0.4) is 0 Å². The SMILES string of the molecule is CCCCC1CCCC1NC(=O)c1ccc(OCC)c(OC)c1. The van der Waals surface area contributed by atoms with Gasteiger partial charge >= 0.3 is 0 Å². The minimum Gasteiger partial charge on any atom is -0.493 e. The zero-order valence-corrected chi connectivity index (χ0v) is 14.6. The van der Waals surface area contributed by atoms with Crippen LogP contribution >= 0.6 is 0 Å². The Kier molecular flexibility index (Phi) is 6.75. The monoisotopic (exact) mass is 319 g/mol. The summed E-state index contributed by atoms with van der Waals surface area (Å²) in [4.78, 5) is 12.5. The predicted molar refractivity (Wildman–Crippen MR) is 92.3 cm³/mol. The van der Waals surface area contributed by atoms with E-state index >= 15 is 0 Å². The molecule has 0 heterocycles. The van der Waals surface area contributed by atoms with Gasteiger partial charge in [-0.3, -0.25) is 4.79 Å². The van der Waals surface area contributed by atoms with E-state index in [1.165, 1.54) is 32.1 Å². The van der Waals surface area contributed by atoms with E-state index in [0.29, 0.717) is 35.6 Å². The largest absolute Gasteiger partial charge is 0.493 e. The highest BCUT2D eigenvalue weighted by molar-refractivity contribution is 5.95. The molecule has 4 heteroatoms.